The molecule has 0 radical (unpaired) electrons. The van der Waals surface area contributed by atoms with Crippen LogP contribution in [0.15, 0.2) is 24.5 Å². The van der Waals surface area contributed by atoms with Crippen LogP contribution in [0, 0.1) is 0 Å². The molecular weight excluding hydrogens is 261 g/mol. The van der Waals surface area contributed by atoms with Crippen molar-refractivity contribution in [2.24, 2.45) is 5.73 Å². The van der Waals surface area contributed by atoms with Gasteiger partial charge in [0.1, 0.15) is 0 Å². The fourth-order valence-electron chi connectivity index (χ4n) is 1.77. The Balaban J connectivity index is 0.00000128. The van der Waals surface area contributed by atoms with Crippen molar-refractivity contribution in [3.63, 3.8) is 0 Å². The van der Waals surface area contributed by atoms with E-state index in [1.165, 1.54) is 0 Å². The molecule has 1 aliphatic rings. The zero-order valence-corrected chi connectivity index (χ0v) is 11.0. The largest absolute Gasteiger partial charge is 0.338 e. The number of carbonyl (C=O) groups is 1. The summed E-state index contributed by atoms with van der Waals surface area (Å²) in [6.07, 6.45) is 5.07. The molecule has 17 heavy (non-hydrogen) atoms. The molecule has 1 aliphatic heterocycles. The summed E-state index contributed by atoms with van der Waals surface area (Å²) < 4.78 is 0. The van der Waals surface area contributed by atoms with Crippen LogP contribution < -0.4 is 5.73 Å². The Hall–Kier alpha value is -0.840. The summed E-state index contributed by atoms with van der Waals surface area (Å²) in [6.45, 7) is 1.52. The van der Waals surface area contributed by atoms with Gasteiger partial charge in [-0.2, -0.15) is 0 Å². The van der Waals surface area contributed by atoms with Crippen LogP contribution in [0.5, 0.6) is 0 Å². The highest BCUT2D eigenvalue weighted by atomic mass is 35.5. The molecule has 0 saturated carbocycles. The Labute approximate surface area is 113 Å². The molecule has 2 rings (SSSR count). The van der Waals surface area contributed by atoms with Crippen LogP contribution in [0.1, 0.15) is 23.2 Å². The van der Waals surface area contributed by atoms with E-state index < -0.39 is 0 Å². The zero-order chi connectivity index (χ0) is 10.7. The van der Waals surface area contributed by atoms with E-state index in [1.54, 1.807) is 24.5 Å². The second-order valence-electron chi connectivity index (χ2n) is 3.87. The summed E-state index contributed by atoms with van der Waals surface area (Å²) in [5.41, 5.74) is 6.45. The third-order valence-corrected chi connectivity index (χ3v) is 2.74. The summed E-state index contributed by atoms with van der Waals surface area (Å²) in [6, 6.07) is 3.83. The van der Waals surface area contributed by atoms with Gasteiger partial charge in [-0.15, -0.1) is 24.8 Å². The molecule has 0 atom stereocenters. The Morgan fingerprint density at radius 1 is 1.35 bits per heavy atom. The quantitative estimate of drug-likeness (QED) is 0.846. The number of hydrogen-bond donors (Lipinski definition) is 1. The van der Waals surface area contributed by atoms with Crippen molar-refractivity contribution < 1.29 is 4.79 Å². The topological polar surface area (TPSA) is 59.2 Å². The maximum Gasteiger partial charge on any atom is 0.255 e. The Morgan fingerprint density at radius 2 is 2.00 bits per heavy atom. The molecule has 1 aromatic rings. The van der Waals surface area contributed by atoms with Crippen molar-refractivity contribution in [1.29, 1.82) is 0 Å². The molecule has 2 N–H and O–H groups in total. The average Bonchev–Trinajstić information content (AvgIpc) is 2.30. The van der Waals surface area contributed by atoms with Gasteiger partial charge in [-0.25, -0.2) is 0 Å². The molecule has 0 unspecified atom stereocenters. The number of amides is 1. The van der Waals surface area contributed by atoms with Crippen molar-refractivity contribution in [3.8, 4) is 0 Å². The highest BCUT2D eigenvalue weighted by Gasteiger charge is 2.21. The predicted octanol–water partition coefficient (Wildman–Crippen LogP) is 1.49. The molecule has 0 aromatic carbocycles. The maximum atomic E-state index is 12.0. The Kier molecular flexibility index (Phi) is 7.11. The fourth-order valence-corrected chi connectivity index (χ4v) is 1.77. The van der Waals surface area contributed by atoms with Crippen molar-refractivity contribution in [2.45, 2.75) is 18.9 Å². The Morgan fingerprint density at radius 3 is 2.53 bits per heavy atom. The van der Waals surface area contributed by atoms with Gasteiger partial charge >= 0.3 is 0 Å². The van der Waals surface area contributed by atoms with Crippen molar-refractivity contribution in [1.82, 2.24) is 9.88 Å². The molecule has 0 spiro atoms. The maximum absolute atomic E-state index is 12.0. The number of carbonyl (C=O) groups excluding carboxylic acids is 1. The second kappa shape index (κ2) is 7.48. The van der Waals surface area contributed by atoms with Crippen LogP contribution in [0.4, 0.5) is 0 Å². The van der Waals surface area contributed by atoms with Gasteiger partial charge in [0.05, 0.1) is 5.56 Å². The molecule has 0 bridgehead atoms. The van der Waals surface area contributed by atoms with Gasteiger partial charge in [0.2, 0.25) is 0 Å². The van der Waals surface area contributed by atoms with Gasteiger partial charge in [-0.3, -0.25) is 9.78 Å². The zero-order valence-electron chi connectivity index (χ0n) is 9.41. The highest BCUT2D eigenvalue weighted by Crippen LogP contribution is 2.11. The summed E-state index contributed by atoms with van der Waals surface area (Å²) in [7, 11) is 0. The van der Waals surface area contributed by atoms with E-state index in [0.717, 1.165) is 25.9 Å². The van der Waals surface area contributed by atoms with Crippen LogP contribution in [0.25, 0.3) is 0 Å². The number of nitrogens with two attached hydrogens (primary N) is 1. The number of halogens is 2. The number of aromatic nitrogens is 1. The lowest BCUT2D eigenvalue weighted by Gasteiger charge is -2.30. The van der Waals surface area contributed by atoms with E-state index in [0.29, 0.717) is 5.56 Å². The van der Waals surface area contributed by atoms with E-state index in [9.17, 15) is 4.79 Å². The lowest BCUT2D eigenvalue weighted by molar-refractivity contribution is 0.0714. The van der Waals surface area contributed by atoms with Gasteiger partial charge in [-0.05, 0) is 25.0 Å². The molecule has 1 amide bonds. The first-order chi connectivity index (χ1) is 7.27. The lowest BCUT2D eigenvalue weighted by atomic mass is 10.1. The molecule has 0 aliphatic carbocycles. The lowest BCUT2D eigenvalue weighted by Crippen LogP contribution is -2.42. The van der Waals surface area contributed by atoms with Crippen LogP contribution >= 0.6 is 24.8 Å². The van der Waals surface area contributed by atoms with Crippen molar-refractivity contribution >= 4 is 30.7 Å². The SMILES string of the molecule is Cl.Cl.NC1CCN(C(=O)c2cccnc2)CC1. The van der Waals surface area contributed by atoms with Crippen molar-refractivity contribution in [3.05, 3.63) is 30.1 Å². The number of piperidine rings is 1. The van der Waals surface area contributed by atoms with Gasteiger partial charge in [0.25, 0.3) is 5.91 Å². The molecule has 1 aromatic heterocycles. The normalized spacial score (nSPS) is 15.7. The number of likely N-dealkylation sites (tertiary alicyclic amines) is 1. The van der Waals surface area contributed by atoms with E-state index in [-0.39, 0.29) is 36.8 Å². The van der Waals surface area contributed by atoms with E-state index >= 15 is 0 Å². The summed E-state index contributed by atoms with van der Waals surface area (Å²) in [5.74, 6) is 0.0648. The van der Waals surface area contributed by atoms with Crippen LogP contribution in [0.3, 0.4) is 0 Å². The monoisotopic (exact) mass is 277 g/mol. The van der Waals surface area contributed by atoms with Crippen LogP contribution in [-0.2, 0) is 0 Å². The first-order valence-electron chi connectivity index (χ1n) is 5.22. The molecular formula is C11H17Cl2N3O. The molecule has 1 saturated heterocycles. The number of hydrogen-bond acceptors (Lipinski definition) is 3. The van der Waals surface area contributed by atoms with Crippen LogP contribution in [-0.4, -0.2) is 34.9 Å². The summed E-state index contributed by atoms with van der Waals surface area (Å²) in [5, 5.41) is 0. The second-order valence-corrected chi connectivity index (χ2v) is 3.87. The molecule has 1 fully saturated rings. The van der Waals surface area contributed by atoms with Gasteiger partial charge in [0, 0.05) is 31.5 Å². The molecule has 2 heterocycles. The van der Waals surface area contributed by atoms with Gasteiger partial charge < -0.3 is 10.6 Å². The third kappa shape index (κ3) is 4.15. The molecule has 6 heteroatoms. The van der Waals surface area contributed by atoms with Crippen molar-refractivity contribution in [2.75, 3.05) is 13.1 Å². The third-order valence-electron chi connectivity index (χ3n) is 2.74. The van der Waals surface area contributed by atoms with E-state index in [1.807, 2.05) is 4.90 Å². The highest BCUT2D eigenvalue weighted by molar-refractivity contribution is 5.93. The predicted molar refractivity (Wildman–Crippen MR) is 71.8 cm³/mol. The fraction of sp³-hybridized carbons (Fsp3) is 0.455. The van der Waals surface area contributed by atoms with E-state index in [2.05, 4.69) is 4.98 Å². The summed E-state index contributed by atoms with van der Waals surface area (Å²) >= 11 is 0. The average molecular weight is 278 g/mol. The number of pyridine rings is 1. The number of nitrogens with zero attached hydrogens (tertiary/aromatic N) is 2. The minimum absolute atomic E-state index is 0. The first-order valence-corrected chi connectivity index (χ1v) is 5.22. The van der Waals surface area contributed by atoms with Gasteiger partial charge in [-0.1, -0.05) is 0 Å². The molecule has 96 valence electrons. The van der Waals surface area contributed by atoms with Crippen LogP contribution in [0.2, 0.25) is 0 Å². The standard InChI is InChI=1S/C11H15N3O.2ClH/c12-10-3-6-14(7-4-10)11(15)9-2-1-5-13-8-9;;/h1-2,5,8,10H,3-4,6-7,12H2;2*1H. The number of rotatable bonds is 1. The molecule has 4 nitrogen and oxygen atoms in total. The summed E-state index contributed by atoms with van der Waals surface area (Å²) in [4.78, 5) is 17.7. The van der Waals surface area contributed by atoms with E-state index in [4.69, 9.17) is 5.73 Å². The minimum Gasteiger partial charge on any atom is -0.338 e. The Bertz CT molecular complexity index is 340. The minimum atomic E-state index is 0. The first kappa shape index (κ1) is 16.2. The van der Waals surface area contributed by atoms with Gasteiger partial charge in [0.15, 0.2) is 0 Å². The smallest absolute Gasteiger partial charge is 0.255 e.